The molecule has 0 radical (unpaired) electrons. The summed E-state index contributed by atoms with van der Waals surface area (Å²) >= 11 is 0. The summed E-state index contributed by atoms with van der Waals surface area (Å²) in [6, 6.07) is 0. The molecule has 0 aromatic heterocycles. The second-order valence-electron chi connectivity index (χ2n) is 2.55. The van der Waals surface area contributed by atoms with Gasteiger partial charge >= 0.3 is 0 Å². The van der Waals surface area contributed by atoms with Crippen molar-refractivity contribution in [3.8, 4) is 0 Å². The van der Waals surface area contributed by atoms with Crippen LogP contribution in [0.5, 0.6) is 0 Å². The maximum absolute atomic E-state index is 11.1. The van der Waals surface area contributed by atoms with Crippen molar-refractivity contribution in [3.63, 3.8) is 0 Å². The molecule has 0 saturated carbocycles. The lowest BCUT2D eigenvalue weighted by atomic mass is 10.0. The summed E-state index contributed by atoms with van der Waals surface area (Å²) in [5, 5.41) is 0. The first-order chi connectivity index (χ1) is 4.72. The van der Waals surface area contributed by atoms with Crippen LogP contribution in [0.4, 0.5) is 0 Å². The summed E-state index contributed by atoms with van der Waals surface area (Å²) in [4.78, 5) is 11.1. The van der Waals surface area contributed by atoms with Crippen LogP contribution in [0.25, 0.3) is 0 Å². The second kappa shape index (κ2) is 5.21. The Bertz CT molecular complexity index is 125. The summed E-state index contributed by atoms with van der Waals surface area (Å²) in [6.45, 7) is 5.95. The molecule has 1 nitrogen and oxygen atoms in total. The molecule has 58 valence electrons. The van der Waals surface area contributed by atoms with Gasteiger partial charge in [-0.25, -0.2) is 0 Å². The van der Waals surface area contributed by atoms with E-state index in [0.717, 1.165) is 6.42 Å². The highest BCUT2D eigenvalue weighted by atomic mass is 16.1. The normalized spacial score (nSPS) is 13.9. The van der Waals surface area contributed by atoms with Crippen molar-refractivity contribution in [1.82, 2.24) is 0 Å². The largest absolute Gasteiger partial charge is 0.299 e. The van der Waals surface area contributed by atoms with Crippen molar-refractivity contribution < 1.29 is 4.79 Å². The van der Waals surface area contributed by atoms with Crippen molar-refractivity contribution in [1.29, 1.82) is 0 Å². The van der Waals surface area contributed by atoms with Crippen LogP contribution < -0.4 is 0 Å². The minimum atomic E-state index is 0.233. The van der Waals surface area contributed by atoms with Gasteiger partial charge in [0.15, 0.2) is 0 Å². The molecule has 0 saturated heterocycles. The lowest BCUT2D eigenvalue weighted by Gasteiger charge is -2.02. The van der Waals surface area contributed by atoms with Gasteiger partial charge in [0.05, 0.1) is 0 Å². The predicted octanol–water partition coefficient (Wildman–Crippen LogP) is 2.57. The van der Waals surface area contributed by atoms with Crippen molar-refractivity contribution in [2.45, 2.75) is 33.6 Å². The van der Waals surface area contributed by atoms with Gasteiger partial charge < -0.3 is 0 Å². The molecule has 0 bridgehead atoms. The monoisotopic (exact) mass is 140 g/mol. The highest BCUT2D eigenvalue weighted by Gasteiger charge is 2.06. The van der Waals surface area contributed by atoms with Gasteiger partial charge in [-0.05, 0) is 13.3 Å². The number of allylic oxidation sites excluding steroid dienone is 2. The van der Waals surface area contributed by atoms with Crippen LogP contribution in [0.1, 0.15) is 33.6 Å². The van der Waals surface area contributed by atoms with Gasteiger partial charge in [-0.1, -0.05) is 26.0 Å². The topological polar surface area (TPSA) is 17.1 Å². The van der Waals surface area contributed by atoms with Gasteiger partial charge in [-0.2, -0.15) is 0 Å². The van der Waals surface area contributed by atoms with Gasteiger partial charge in [-0.15, -0.1) is 0 Å². The Balaban J connectivity index is 3.62. The Morgan fingerprint density at radius 2 is 2.20 bits per heavy atom. The van der Waals surface area contributed by atoms with E-state index in [0.29, 0.717) is 12.2 Å². The average Bonchev–Trinajstić information content (AvgIpc) is 1.98. The average molecular weight is 140 g/mol. The Hall–Kier alpha value is -0.590. The van der Waals surface area contributed by atoms with Gasteiger partial charge in [0.2, 0.25) is 0 Å². The molecule has 0 spiro atoms. The van der Waals surface area contributed by atoms with Crippen LogP contribution >= 0.6 is 0 Å². The van der Waals surface area contributed by atoms with Crippen molar-refractivity contribution in [2.75, 3.05) is 0 Å². The smallest absolute Gasteiger partial charge is 0.139 e. The number of carbonyl (C=O) groups is 1. The fourth-order valence-electron chi connectivity index (χ4n) is 0.663. The molecule has 1 heteroatoms. The molecule has 0 rings (SSSR count). The van der Waals surface area contributed by atoms with Gasteiger partial charge in [0.25, 0.3) is 0 Å². The molecule has 0 fully saturated rings. The summed E-state index contributed by atoms with van der Waals surface area (Å²) in [5.41, 5.74) is 0. The SMILES string of the molecule is C/C=C/CC(=O)C(C)CC. The van der Waals surface area contributed by atoms with Crippen LogP contribution in [-0.2, 0) is 4.79 Å². The number of hydrogen-bond acceptors (Lipinski definition) is 1. The molecule has 1 atom stereocenters. The molecular formula is C9H16O. The fourth-order valence-corrected chi connectivity index (χ4v) is 0.663. The molecule has 0 aliphatic carbocycles. The Morgan fingerprint density at radius 3 is 2.60 bits per heavy atom. The van der Waals surface area contributed by atoms with E-state index >= 15 is 0 Å². The molecule has 0 aliphatic rings. The number of Topliss-reactive ketones (excluding diaryl/α,β-unsaturated/α-hetero) is 1. The molecule has 1 unspecified atom stereocenters. The van der Waals surface area contributed by atoms with E-state index in [1.54, 1.807) is 0 Å². The van der Waals surface area contributed by atoms with Gasteiger partial charge in [-0.3, -0.25) is 4.79 Å². The molecule has 0 aromatic rings. The standard InChI is InChI=1S/C9H16O/c1-4-6-7-9(10)8(3)5-2/h4,6,8H,5,7H2,1-3H3/b6-4+. The zero-order chi connectivity index (χ0) is 7.98. The van der Waals surface area contributed by atoms with Crippen LogP contribution in [0, 0.1) is 5.92 Å². The van der Waals surface area contributed by atoms with Crippen molar-refractivity contribution in [3.05, 3.63) is 12.2 Å². The van der Waals surface area contributed by atoms with Gasteiger partial charge in [0.1, 0.15) is 5.78 Å². The highest BCUT2D eigenvalue weighted by molar-refractivity contribution is 5.81. The highest BCUT2D eigenvalue weighted by Crippen LogP contribution is 2.04. The van der Waals surface area contributed by atoms with E-state index in [4.69, 9.17) is 0 Å². The zero-order valence-electron chi connectivity index (χ0n) is 7.05. The van der Waals surface area contributed by atoms with Crippen molar-refractivity contribution in [2.24, 2.45) is 5.92 Å². The second-order valence-corrected chi connectivity index (χ2v) is 2.55. The Kier molecular flexibility index (Phi) is 4.91. The number of carbonyl (C=O) groups excluding carboxylic acids is 1. The van der Waals surface area contributed by atoms with E-state index in [-0.39, 0.29) is 5.92 Å². The summed E-state index contributed by atoms with van der Waals surface area (Å²) in [5.74, 6) is 0.580. The zero-order valence-corrected chi connectivity index (χ0v) is 7.05. The molecular weight excluding hydrogens is 124 g/mol. The number of hydrogen-bond donors (Lipinski definition) is 0. The van der Waals surface area contributed by atoms with Crippen LogP contribution in [-0.4, -0.2) is 5.78 Å². The van der Waals surface area contributed by atoms with Crippen molar-refractivity contribution >= 4 is 5.78 Å². The quantitative estimate of drug-likeness (QED) is 0.548. The molecule has 0 aliphatic heterocycles. The van der Waals surface area contributed by atoms with Crippen LogP contribution in [0.3, 0.4) is 0 Å². The maximum Gasteiger partial charge on any atom is 0.139 e. The molecule has 0 N–H and O–H groups in total. The molecule has 0 heterocycles. The third kappa shape index (κ3) is 3.44. The minimum absolute atomic E-state index is 0.233. The lowest BCUT2D eigenvalue weighted by molar-refractivity contribution is -0.121. The Labute approximate surface area is 63.1 Å². The third-order valence-electron chi connectivity index (χ3n) is 1.72. The summed E-state index contributed by atoms with van der Waals surface area (Å²) in [6.07, 6.45) is 5.39. The first-order valence-corrected chi connectivity index (χ1v) is 3.86. The third-order valence-corrected chi connectivity index (χ3v) is 1.72. The van der Waals surface area contributed by atoms with E-state index in [9.17, 15) is 4.79 Å². The van der Waals surface area contributed by atoms with Gasteiger partial charge in [0, 0.05) is 12.3 Å². The number of rotatable bonds is 4. The first kappa shape index (κ1) is 9.41. The first-order valence-electron chi connectivity index (χ1n) is 3.86. The van der Waals surface area contributed by atoms with Crippen LogP contribution in [0.15, 0.2) is 12.2 Å². The summed E-state index contributed by atoms with van der Waals surface area (Å²) in [7, 11) is 0. The minimum Gasteiger partial charge on any atom is -0.299 e. The van der Waals surface area contributed by atoms with E-state index in [1.165, 1.54) is 0 Å². The molecule has 0 aromatic carbocycles. The molecule has 0 amide bonds. The van der Waals surface area contributed by atoms with E-state index in [1.807, 2.05) is 32.9 Å². The maximum atomic E-state index is 11.1. The predicted molar refractivity (Wildman–Crippen MR) is 43.9 cm³/mol. The fraction of sp³-hybridized carbons (Fsp3) is 0.667. The van der Waals surface area contributed by atoms with Crippen LogP contribution in [0.2, 0.25) is 0 Å². The van der Waals surface area contributed by atoms with E-state index < -0.39 is 0 Å². The Morgan fingerprint density at radius 1 is 1.60 bits per heavy atom. The lowest BCUT2D eigenvalue weighted by Crippen LogP contribution is -2.07. The summed E-state index contributed by atoms with van der Waals surface area (Å²) < 4.78 is 0. The number of ketones is 1. The van der Waals surface area contributed by atoms with E-state index in [2.05, 4.69) is 0 Å². The molecule has 10 heavy (non-hydrogen) atoms.